The molecule has 0 radical (unpaired) electrons. The van der Waals surface area contributed by atoms with E-state index in [9.17, 15) is 13.0 Å². The Morgan fingerprint density at radius 2 is 1.54 bits per heavy atom. The van der Waals surface area contributed by atoms with Crippen LogP contribution < -0.4 is 35.3 Å². The van der Waals surface area contributed by atoms with Crippen molar-refractivity contribution in [2.75, 3.05) is 5.73 Å². The summed E-state index contributed by atoms with van der Waals surface area (Å²) in [5.41, 5.74) is 10.2. The van der Waals surface area contributed by atoms with Gasteiger partial charge in [0.2, 0.25) is 0 Å². The minimum absolute atomic E-state index is 0. The molecule has 0 amide bonds. The van der Waals surface area contributed by atoms with E-state index < -0.39 is 10.1 Å². The van der Waals surface area contributed by atoms with Crippen molar-refractivity contribution in [2.45, 2.75) is 32.6 Å². The fraction of sp³-hybridized carbons (Fsp3) is 0.250. The van der Waals surface area contributed by atoms with Gasteiger partial charge in [0.05, 0.1) is 5.69 Å². The van der Waals surface area contributed by atoms with Crippen molar-refractivity contribution in [3.05, 3.63) is 46.5 Å². The van der Waals surface area contributed by atoms with Crippen molar-refractivity contribution in [3.63, 3.8) is 0 Å². The van der Waals surface area contributed by atoms with Crippen LogP contribution in [-0.4, -0.2) is 13.0 Å². The van der Waals surface area contributed by atoms with E-state index in [2.05, 4.69) is 10.2 Å². The molecular formula is C16H19N3NaO3S+. The van der Waals surface area contributed by atoms with Crippen molar-refractivity contribution in [3.8, 4) is 0 Å². The minimum Gasteiger partial charge on any atom is -0.399 e. The number of rotatable bonds is 3. The number of hydrogen-bond donors (Lipinski definition) is 2. The number of aryl methyl sites for hydroxylation is 4. The Bertz CT molecular complexity index is 909. The Labute approximate surface area is 164 Å². The molecule has 2 aromatic rings. The summed E-state index contributed by atoms with van der Waals surface area (Å²) in [6.45, 7) is 7.16. The van der Waals surface area contributed by atoms with Crippen molar-refractivity contribution >= 4 is 27.2 Å². The Hall–Kier alpha value is -1.25. The van der Waals surface area contributed by atoms with E-state index in [1.165, 1.54) is 6.07 Å². The van der Waals surface area contributed by atoms with Crippen LogP contribution in [0.2, 0.25) is 0 Å². The first kappa shape index (κ1) is 20.8. The van der Waals surface area contributed by atoms with Gasteiger partial charge >= 0.3 is 29.6 Å². The zero-order valence-corrected chi connectivity index (χ0v) is 17.3. The summed E-state index contributed by atoms with van der Waals surface area (Å²) in [6, 6.07) is 6.72. The molecular weight excluding hydrogens is 337 g/mol. The molecule has 122 valence electrons. The number of azo groups is 1. The third-order valence-corrected chi connectivity index (χ3v) is 4.40. The molecule has 0 atom stereocenters. The van der Waals surface area contributed by atoms with Crippen molar-refractivity contribution in [1.82, 2.24) is 0 Å². The van der Waals surface area contributed by atoms with Crippen LogP contribution in [0.3, 0.4) is 0 Å². The maximum atomic E-state index is 11.6. The van der Waals surface area contributed by atoms with E-state index in [0.29, 0.717) is 22.5 Å². The summed E-state index contributed by atoms with van der Waals surface area (Å²) in [5.74, 6) is 0. The van der Waals surface area contributed by atoms with Gasteiger partial charge in [0, 0.05) is 5.69 Å². The molecule has 24 heavy (non-hydrogen) atoms. The molecule has 0 aliphatic carbocycles. The summed E-state index contributed by atoms with van der Waals surface area (Å²) >= 11 is 0. The number of nitrogens with two attached hydrogens (primary N) is 1. The van der Waals surface area contributed by atoms with E-state index >= 15 is 0 Å². The molecule has 2 rings (SSSR count). The predicted molar refractivity (Wildman–Crippen MR) is 90.2 cm³/mol. The molecule has 0 saturated carbocycles. The fourth-order valence-corrected chi connectivity index (χ4v) is 3.06. The van der Waals surface area contributed by atoms with E-state index in [0.717, 1.165) is 11.1 Å². The fourth-order valence-electron chi connectivity index (χ4n) is 2.28. The van der Waals surface area contributed by atoms with Crippen molar-refractivity contribution < 1.29 is 42.5 Å². The third-order valence-electron chi connectivity index (χ3n) is 3.53. The normalized spacial score (nSPS) is 11.5. The SMILES string of the molecule is Cc1cc(C)c(N=Nc2cc(C)c(N)cc2C)c(S(=O)(=O)O)c1.[Na+]. The number of nitrogens with zero attached hydrogens (tertiary/aromatic N) is 2. The van der Waals surface area contributed by atoms with Gasteiger partial charge < -0.3 is 5.73 Å². The Morgan fingerprint density at radius 3 is 2.12 bits per heavy atom. The number of hydrogen-bond acceptors (Lipinski definition) is 5. The summed E-state index contributed by atoms with van der Waals surface area (Å²) in [6.07, 6.45) is 0. The minimum atomic E-state index is -4.38. The summed E-state index contributed by atoms with van der Waals surface area (Å²) in [5, 5.41) is 8.20. The van der Waals surface area contributed by atoms with Crippen LogP contribution >= 0.6 is 0 Å². The molecule has 2 aromatic carbocycles. The summed E-state index contributed by atoms with van der Waals surface area (Å²) < 4.78 is 32.6. The van der Waals surface area contributed by atoms with Gasteiger partial charge in [0.1, 0.15) is 10.6 Å². The zero-order chi connectivity index (χ0) is 17.4. The maximum Gasteiger partial charge on any atom is 1.00 e. The van der Waals surface area contributed by atoms with Gasteiger partial charge in [-0.05, 0) is 68.1 Å². The quantitative estimate of drug-likeness (QED) is 0.373. The van der Waals surface area contributed by atoms with Crippen LogP contribution in [-0.2, 0) is 10.1 Å². The molecule has 0 aromatic heterocycles. The maximum absolute atomic E-state index is 11.6. The number of nitrogen functional groups attached to an aromatic ring is 1. The molecule has 0 fully saturated rings. The van der Waals surface area contributed by atoms with E-state index in [-0.39, 0.29) is 40.1 Å². The summed E-state index contributed by atoms with van der Waals surface area (Å²) in [4.78, 5) is -0.247. The summed E-state index contributed by atoms with van der Waals surface area (Å²) in [7, 11) is -4.38. The first-order valence-electron chi connectivity index (χ1n) is 6.97. The molecule has 8 heteroatoms. The Morgan fingerprint density at radius 1 is 0.917 bits per heavy atom. The van der Waals surface area contributed by atoms with Gasteiger partial charge in [0.25, 0.3) is 10.1 Å². The number of anilines is 1. The van der Waals surface area contributed by atoms with Crippen LogP contribution in [0.25, 0.3) is 0 Å². The smallest absolute Gasteiger partial charge is 0.399 e. The van der Waals surface area contributed by atoms with Crippen LogP contribution in [0.5, 0.6) is 0 Å². The van der Waals surface area contributed by atoms with Crippen LogP contribution in [0.15, 0.2) is 39.4 Å². The largest absolute Gasteiger partial charge is 1.00 e. The molecule has 0 spiro atoms. The van der Waals surface area contributed by atoms with E-state index in [1.807, 2.05) is 13.8 Å². The molecule has 3 N–H and O–H groups in total. The number of benzene rings is 2. The predicted octanol–water partition coefficient (Wildman–Crippen LogP) is 1.17. The van der Waals surface area contributed by atoms with Gasteiger partial charge in [-0.25, -0.2) is 0 Å². The van der Waals surface area contributed by atoms with Crippen molar-refractivity contribution in [2.24, 2.45) is 10.2 Å². The first-order valence-corrected chi connectivity index (χ1v) is 8.41. The average Bonchev–Trinajstić information content (AvgIpc) is 2.41. The second-order valence-electron chi connectivity index (χ2n) is 5.60. The molecule has 0 saturated heterocycles. The topological polar surface area (TPSA) is 105 Å². The third kappa shape index (κ3) is 4.64. The molecule has 0 bridgehead atoms. The molecule has 0 unspecified atom stereocenters. The van der Waals surface area contributed by atoms with Crippen LogP contribution in [0, 0.1) is 27.7 Å². The van der Waals surface area contributed by atoms with Gasteiger partial charge in [-0.15, -0.1) is 5.11 Å². The molecule has 0 heterocycles. The standard InChI is InChI=1S/C16H19N3O3S.Na/c1-9-5-12(4)16(15(6-9)23(20,21)22)19-18-14-8-10(2)13(17)7-11(14)3;/h5-8H,17H2,1-4H3,(H,20,21,22);/q;+1. The molecule has 0 aliphatic heterocycles. The van der Waals surface area contributed by atoms with Gasteiger partial charge in [-0.2, -0.15) is 13.5 Å². The van der Waals surface area contributed by atoms with Crippen LogP contribution in [0.1, 0.15) is 22.3 Å². The van der Waals surface area contributed by atoms with E-state index in [1.54, 1.807) is 32.0 Å². The first-order chi connectivity index (χ1) is 10.6. The van der Waals surface area contributed by atoms with Gasteiger partial charge in [-0.1, -0.05) is 6.07 Å². The zero-order valence-electron chi connectivity index (χ0n) is 14.5. The molecule has 6 nitrogen and oxygen atoms in total. The monoisotopic (exact) mass is 356 g/mol. The average molecular weight is 356 g/mol. The van der Waals surface area contributed by atoms with Crippen molar-refractivity contribution in [1.29, 1.82) is 0 Å². The molecule has 0 aliphatic rings. The van der Waals surface area contributed by atoms with Gasteiger partial charge in [-0.3, -0.25) is 4.55 Å². The second-order valence-corrected chi connectivity index (χ2v) is 6.99. The second kappa shape index (κ2) is 7.76. The van der Waals surface area contributed by atoms with Gasteiger partial charge in [0.15, 0.2) is 0 Å². The van der Waals surface area contributed by atoms with Crippen LogP contribution in [0.4, 0.5) is 17.1 Å². The Balaban J connectivity index is 0.00000288. The van der Waals surface area contributed by atoms with E-state index in [4.69, 9.17) is 5.73 Å². The Kier molecular flexibility index (Phi) is 6.72.